The molecule has 5 nitrogen and oxygen atoms in total. The Morgan fingerprint density at radius 3 is 1.27 bits per heavy atom. The molecule has 1 N–H and O–H groups in total. The molecule has 0 amide bonds. The van der Waals surface area contributed by atoms with Gasteiger partial charge >= 0.3 is 20.4 Å². The molecule has 9 heteroatoms. The maximum atomic E-state index is 9.19. The Morgan fingerprint density at radius 1 is 0.532 bits per heavy atom. The van der Waals surface area contributed by atoms with Crippen LogP contribution < -0.4 is 36.6 Å². The molecule has 0 saturated carbocycles. The van der Waals surface area contributed by atoms with Crippen LogP contribution in [0.3, 0.4) is 0 Å². The van der Waals surface area contributed by atoms with Crippen molar-refractivity contribution in [1.82, 2.24) is 0 Å². The summed E-state index contributed by atoms with van der Waals surface area (Å²) in [7, 11) is -3.51. The van der Waals surface area contributed by atoms with Gasteiger partial charge in [-0.1, -0.05) is 196 Å². The third-order valence-corrected chi connectivity index (χ3v) is 15.1. The summed E-state index contributed by atoms with van der Waals surface area (Å²) < 4.78 is 33.1. The monoisotopic (exact) mass is 961 g/mol. The van der Waals surface area contributed by atoms with Gasteiger partial charge in [0, 0.05) is 27.2 Å². The van der Waals surface area contributed by atoms with Crippen LogP contribution in [0.15, 0.2) is 206 Å². The van der Waals surface area contributed by atoms with Crippen LogP contribution in [0.4, 0.5) is 5.69 Å². The van der Waals surface area contributed by atoms with E-state index in [1.54, 1.807) is 0 Å². The van der Waals surface area contributed by atoms with E-state index in [1.165, 1.54) is 43.0 Å². The number of hydrogen-bond donors (Lipinski definition) is 1. The maximum Gasteiger partial charge on any atom is 2.00 e. The summed E-state index contributed by atoms with van der Waals surface area (Å²) >= 11 is 0. The van der Waals surface area contributed by atoms with E-state index in [2.05, 4.69) is 189 Å². The third-order valence-electron chi connectivity index (χ3n) is 10.2. The molecule has 1 aliphatic rings. The van der Waals surface area contributed by atoms with Crippen LogP contribution >= 0.6 is 15.8 Å². The minimum absolute atomic E-state index is 0. The van der Waals surface area contributed by atoms with Gasteiger partial charge in [0.15, 0.2) is 0 Å². The van der Waals surface area contributed by atoms with Gasteiger partial charge in [-0.25, -0.2) is 0 Å². The summed E-state index contributed by atoms with van der Waals surface area (Å²) in [5.41, 5.74) is 5.50. The molecule has 0 atom stereocenters. The van der Waals surface area contributed by atoms with Crippen LogP contribution in [-0.4, -0.2) is 26.3 Å². The molecule has 314 valence electrons. The maximum absolute atomic E-state index is 9.19. The van der Waals surface area contributed by atoms with E-state index in [1.807, 2.05) is 49.5 Å². The van der Waals surface area contributed by atoms with Gasteiger partial charge in [0.1, 0.15) is 11.5 Å². The molecule has 0 aromatic heterocycles. The quantitative estimate of drug-likeness (QED) is 0.0712. The summed E-state index contributed by atoms with van der Waals surface area (Å²) in [4.78, 5) is 0. The molecule has 0 unspecified atom stereocenters. The van der Waals surface area contributed by atoms with Crippen LogP contribution in [0.5, 0.6) is 11.5 Å². The van der Waals surface area contributed by atoms with Crippen molar-refractivity contribution >= 4 is 63.5 Å². The molecule has 1 aliphatic heterocycles. The van der Waals surface area contributed by atoms with E-state index in [-0.39, 0.29) is 25.8 Å². The summed E-state index contributed by atoms with van der Waals surface area (Å²) in [6, 6.07) is 76.4. The Balaban J connectivity index is 0.000000266. The molecule has 0 bridgehead atoms. The van der Waals surface area contributed by atoms with Crippen molar-refractivity contribution in [2.75, 3.05) is 13.3 Å². The molecule has 0 fully saturated rings. The molecule has 8 aromatic rings. The second-order valence-electron chi connectivity index (χ2n) is 14.8. The first kappa shape index (κ1) is 46.3. The molecule has 62 heavy (non-hydrogen) atoms. The Morgan fingerprint density at radius 2 is 0.903 bits per heavy atom. The first-order chi connectivity index (χ1) is 29.5. The van der Waals surface area contributed by atoms with Gasteiger partial charge in [-0.3, -0.25) is 4.55 Å². The van der Waals surface area contributed by atoms with Crippen molar-refractivity contribution in [2.24, 2.45) is 0 Å². The second-order valence-corrected chi connectivity index (χ2v) is 20.6. The predicted octanol–water partition coefficient (Wildman–Crippen LogP) is 10.9. The smallest absolute Gasteiger partial charge is 0.694 e. The average Bonchev–Trinajstić information content (AvgIpc) is 3.28. The fraction of sp³-hybridized carbons (Fsp3) is 0.0943. The van der Waals surface area contributed by atoms with Crippen LogP contribution in [0, 0.1) is 6.07 Å². The zero-order valence-electron chi connectivity index (χ0n) is 34.9. The van der Waals surface area contributed by atoms with Gasteiger partial charge in [0.2, 0.25) is 0 Å². The molecule has 0 spiro atoms. The van der Waals surface area contributed by atoms with Gasteiger partial charge in [0.05, 0.1) is 6.26 Å². The average molecular weight is 962 g/mol. The minimum atomic E-state index is -3.67. The molecule has 8 aromatic carbocycles. The molecule has 0 saturated heterocycles. The van der Waals surface area contributed by atoms with Crippen LogP contribution in [0.25, 0.3) is 16.4 Å². The summed E-state index contributed by atoms with van der Waals surface area (Å²) in [5.74, 6) is 2.02. The number of ether oxygens (including phenoxy) is 1. The molecular formula is C53H47NO4P2PdS. The number of hydrogen-bond acceptors (Lipinski definition) is 3. The Labute approximate surface area is 383 Å². The standard InChI is InChI=1S/C39H32OP2.C13H11N.CH4O3S.Pd/c1-39(2)33-25-15-27-35(41(29-17-7-3-8-18-29)30-19-9-4-10-20-30)37(33)40-38-34(39)26-16-28-36(38)42(31-21-11-5-12-22-31)32-23-13-6-14-24-32;1-14-13-10-6-5-9-12(13)11-7-3-2-4-8-11;1-5(2,3)4;/h3-28H,1-2H3;2-7,9-10H,1H3;1H3,(H,2,3,4);/q;-2;;+2. The molecule has 0 radical (unpaired) electrons. The van der Waals surface area contributed by atoms with Gasteiger partial charge in [-0.15, -0.1) is 48.5 Å². The van der Waals surface area contributed by atoms with E-state index in [0.717, 1.165) is 28.3 Å². The van der Waals surface area contributed by atoms with E-state index in [4.69, 9.17) is 9.29 Å². The Bertz CT molecular complexity index is 2560. The second kappa shape index (κ2) is 21.2. The number of nitrogens with zero attached hydrogens (tertiary/aromatic N) is 1. The van der Waals surface area contributed by atoms with E-state index >= 15 is 0 Å². The van der Waals surface area contributed by atoms with Gasteiger partial charge in [-0.05, 0) is 37.1 Å². The molecule has 9 rings (SSSR count). The van der Waals surface area contributed by atoms with Crippen LogP contribution in [-0.2, 0) is 36.0 Å². The number of fused-ring (bicyclic) bond motifs is 2. The molecular weight excluding hydrogens is 915 g/mol. The number of para-hydroxylation sites is 3. The van der Waals surface area contributed by atoms with Crippen molar-refractivity contribution in [3.05, 3.63) is 229 Å². The van der Waals surface area contributed by atoms with E-state index in [0.29, 0.717) is 6.26 Å². The van der Waals surface area contributed by atoms with Crippen molar-refractivity contribution in [3.8, 4) is 22.6 Å². The van der Waals surface area contributed by atoms with Crippen molar-refractivity contribution in [2.45, 2.75) is 19.3 Å². The molecule has 1 heterocycles. The van der Waals surface area contributed by atoms with Gasteiger partial charge in [0.25, 0.3) is 10.1 Å². The van der Waals surface area contributed by atoms with Crippen LogP contribution in [0.2, 0.25) is 0 Å². The predicted molar refractivity (Wildman–Crippen MR) is 260 cm³/mol. The summed E-state index contributed by atoms with van der Waals surface area (Å²) in [5, 5.41) is 12.0. The topological polar surface area (TPSA) is 77.7 Å². The normalized spacial score (nSPS) is 12.2. The minimum Gasteiger partial charge on any atom is -0.694 e. The largest absolute Gasteiger partial charge is 2.00 e. The van der Waals surface area contributed by atoms with E-state index < -0.39 is 26.0 Å². The zero-order chi connectivity index (χ0) is 42.8. The fourth-order valence-corrected chi connectivity index (χ4v) is 12.3. The summed E-state index contributed by atoms with van der Waals surface area (Å²) in [6.07, 6.45) is 0.715. The van der Waals surface area contributed by atoms with Crippen LogP contribution in [0.1, 0.15) is 25.0 Å². The molecule has 0 aliphatic carbocycles. The third kappa shape index (κ3) is 11.0. The van der Waals surface area contributed by atoms with Crippen molar-refractivity contribution in [3.63, 3.8) is 0 Å². The van der Waals surface area contributed by atoms with Gasteiger partial charge < -0.3 is 10.1 Å². The Hall–Kier alpha value is -5.21. The number of benzene rings is 8. The number of rotatable bonds is 8. The SMILES string of the molecule is CC1(C)c2cccc(P(c3ccccc3)c3ccccc3)c2Oc2c(P(c3ccccc3)c3ccccc3)cccc21.CS(=O)(=O)O.C[N-]c1ccccc1-c1[c-]cccc1.[Pd+2]. The first-order valence-electron chi connectivity index (χ1n) is 19.9. The Kier molecular flexibility index (Phi) is 15.9. The van der Waals surface area contributed by atoms with Gasteiger partial charge in [-0.2, -0.15) is 14.1 Å². The first-order valence-corrected chi connectivity index (χ1v) is 24.4. The fourth-order valence-electron chi connectivity index (χ4n) is 7.47. The zero-order valence-corrected chi connectivity index (χ0v) is 39.0. The summed E-state index contributed by atoms with van der Waals surface area (Å²) in [6.45, 7) is 4.70. The van der Waals surface area contributed by atoms with Crippen molar-refractivity contribution < 1.29 is 38.1 Å². The van der Waals surface area contributed by atoms with E-state index in [9.17, 15) is 8.42 Å². The van der Waals surface area contributed by atoms with Crippen molar-refractivity contribution in [1.29, 1.82) is 0 Å².